The summed E-state index contributed by atoms with van der Waals surface area (Å²) >= 11 is 0. The first-order valence-corrected chi connectivity index (χ1v) is 9.84. The van der Waals surface area contributed by atoms with Crippen LogP contribution >= 0.6 is 0 Å². The summed E-state index contributed by atoms with van der Waals surface area (Å²) in [5.74, 6) is -2.84. The van der Waals surface area contributed by atoms with Crippen LogP contribution in [0.1, 0.15) is 51.0 Å². The van der Waals surface area contributed by atoms with Crippen molar-refractivity contribution in [3.8, 4) is 5.75 Å². The van der Waals surface area contributed by atoms with Crippen molar-refractivity contribution >= 4 is 5.97 Å². The van der Waals surface area contributed by atoms with Crippen LogP contribution in [-0.4, -0.2) is 32.4 Å². The molecule has 0 fully saturated rings. The maximum Gasteiger partial charge on any atom is 0.404 e. The van der Waals surface area contributed by atoms with E-state index in [0.717, 1.165) is 31.2 Å². The third-order valence-electron chi connectivity index (χ3n) is 4.25. The van der Waals surface area contributed by atoms with Gasteiger partial charge in [-0.2, -0.15) is 13.2 Å². The number of carbonyl (C=O) groups excluding carboxylic acids is 1. The molecule has 0 amide bonds. The van der Waals surface area contributed by atoms with Gasteiger partial charge in [0, 0.05) is 19.2 Å². The minimum absolute atomic E-state index is 0.146. The van der Waals surface area contributed by atoms with E-state index in [1.165, 1.54) is 25.7 Å². The van der Waals surface area contributed by atoms with Gasteiger partial charge in [-0.3, -0.25) is 0 Å². The fraction of sp³-hybridized carbons (Fsp3) is 0.571. The number of carbonyl (C=O) groups is 1. The van der Waals surface area contributed by atoms with Gasteiger partial charge in [0.15, 0.2) is 0 Å². The molecular weight excluding hydrogens is 387 g/mol. The molecule has 1 aromatic rings. The topological polar surface area (TPSA) is 70.6 Å². The van der Waals surface area contributed by atoms with E-state index < -0.39 is 23.6 Å². The normalized spacial score (nSPS) is 12.3. The predicted molar refractivity (Wildman–Crippen MR) is 102 cm³/mol. The molecule has 0 saturated carbocycles. The standard InChI is InChI=1S/C21H30F3NO4/c1-3-4-5-6-7-8-14-28-17-11-9-16(10-12-17)13-15-29-20(27)18(25-2)19(26)21(22,23)24/h9-12,25-26H,3-8,13-15H2,1-2H3/p-1/b19-18+. The number of ether oxygens (including phenoxy) is 2. The third kappa shape index (κ3) is 9.58. The second kappa shape index (κ2) is 13.0. The lowest BCUT2D eigenvalue weighted by Crippen LogP contribution is -2.33. The maximum atomic E-state index is 12.4. The van der Waals surface area contributed by atoms with Gasteiger partial charge in [-0.25, -0.2) is 4.79 Å². The highest BCUT2D eigenvalue weighted by Gasteiger charge is 2.31. The number of nitrogens with one attached hydrogen (secondary N) is 1. The van der Waals surface area contributed by atoms with Crippen molar-refractivity contribution in [2.45, 2.75) is 58.0 Å². The van der Waals surface area contributed by atoms with Crippen molar-refractivity contribution in [1.29, 1.82) is 0 Å². The Labute approximate surface area is 169 Å². The summed E-state index contributed by atoms with van der Waals surface area (Å²) in [7, 11) is 1.06. The van der Waals surface area contributed by atoms with Crippen LogP contribution in [0.5, 0.6) is 5.75 Å². The van der Waals surface area contributed by atoms with E-state index in [9.17, 15) is 23.1 Å². The van der Waals surface area contributed by atoms with E-state index in [2.05, 4.69) is 6.92 Å². The average molecular weight is 416 g/mol. The smallest absolute Gasteiger partial charge is 0.404 e. The SMILES string of the molecule is CCCCCCCCOc1ccc(CCOC(=O)/C(NC)=C(\[O-])C(F)(F)F)cc1. The van der Waals surface area contributed by atoms with E-state index in [4.69, 9.17) is 9.47 Å². The van der Waals surface area contributed by atoms with E-state index in [-0.39, 0.29) is 6.61 Å². The zero-order valence-electron chi connectivity index (χ0n) is 16.9. The minimum Gasteiger partial charge on any atom is -0.868 e. The van der Waals surface area contributed by atoms with Crippen LogP contribution < -0.4 is 15.2 Å². The van der Waals surface area contributed by atoms with Gasteiger partial charge >= 0.3 is 12.1 Å². The number of esters is 1. The Morgan fingerprint density at radius 2 is 1.66 bits per heavy atom. The molecule has 0 aliphatic heterocycles. The van der Waals surface area contributed by atoms with E-state index in [1.807, 2.05) is 5.32 Å². The van der Waals surface area contributed by atoms with E-state index in [0.29, 0.717) is 13.0 Å². The maximum absolute atomic E-state index is 12.4. The van der Waals surface area contributed by atoms with Crippen molar-refractivity contribution in [2.75, 3.05) is 20.3 Å². The highest BCUT2D eigenvalue weighted by atomic mass is 19.4. The fourth-order valence-corrected chi connectivity index (χ4v) is 2.61. The van der Waals surface area contributed by atoms with Crippen molar-refractivity contribution in [1.82, 2.24) is 5.32 Å². The Morgan fingerprint density at radius 3 is 2.24 bits per heavy atom. The first-order chi connectivity index (χ1) is 13.8. The Kier molecular flexibility index (Phi) is 11.0. The molecule has 1 rings (SSSR count). The largest absolute Gasteiger partial charge is 0.868 e. The first kappa shape index (κ1) is 24.7. The van der Waals surface area contributed by atoms with Gasteiger partial charge in [0.2, 0.25) is 0 Å². The summed E-state index contributed by atoms with van der Waals surface area (Å²) in [6.45, 7) is 2.69. The molecule has 29 heavy (non-hydrogen) atoms. The fourth-order valence-electron chi connectivity index (χ4n) is 2.61. The Bertz CT molecular complexity index is 642. The van der Waals surface area contributed by atoms with Gasteiger partial charge in [-0.15, -0.1) is 0 Å². The number of rotatable bonds is 13. The van der Waals surface area contributed by atoms with Gasteiger partial charge in [0.1, 0.15) is 11.4 Å². The van der Waals surface area contributed by atoms with Crippen LogP contribution in [0.4, 0.5) is 13.2 Å². The molecule has 0 spiro atoms. The lowest BCUT2D eigenvalue weighted by molar-refractivity contribution is -0.362. The molecule has 0 atom stereocenters. The Hall–Kier alpha value is -2.38. The monoisotopic (exact) mass is 416 g/mol. The third-order valence-corrected chi connectivity index (χ3v) is 4.25. The molecule has 0 radical (unpaired) electrons. The van der Waals surface area contributed by atoms with Gasteiger partial charge in [0.25, 0.3) is 0 Å². The van der Waals surface area contributed by atoms with Crippen LogP contribution in [-0.2, 0) is 16.0 Å². The summed E-state index contributed by atoms with van der Waals surface area (Å²) in [5.41, 5.74) is -0.297. The summed E-state index contributed by atoms with van der Waals surface area (Å²) in [4.78, 5) is 11.7. The second-order valence-corrected chi connectivity index (χ2v) is 6.60. The van der Waals surface area contributed by atoms with Crippen molar-refractivity contribution in [2.24, 2.45) is 0 Å². The van der Waals surface area contributed by atoms with Crippen LogP contribution in [0.15, 0.2) is 35.7 Å². The minimum atomic E-state index is -5.14. The van der Waals surface area contributed by atoms with Crippen molar-refractivity contribution < 1.29 is 32.5 Å². The molecule has 0 aliphatic rings. The lowest BCUT2D eigenvalue weighted by atomic mass is 10.1. The summed E-state index contributed by atoms with van der Waals surface area (Å²) < 4.78 is 47.7. The number of allylic oxidation sites excluding steroid dienone is 1. The number of benzene rings is 1. The number of hydrogen-bond donors (Lipinski definition) is 1. The van der Waals surface area contributed by atoms with Gasteiger partial charge < -0.3 is 19.9 Å². The van der Waals surface area contributed by atoms with Gasteiger partial charge in [-0.05, 0) is 24.1 Å². The molecule has 1 N–H and O–H groups in total. The Morgan fingerprint density at radius 1 is 1.03 bits per heavy atom. The number of alkyl halides is 3. The molecule has 0 heterocycles. The predicted octanol–water partition coefficient (Wildman–Crippen LogP) is 3.87. The summed E-state index contributed by atoms with van der Waals surface area (Å²) in [6.07, 6.45) is 2.29. The molecule has 164 valence electrons. The van der Waals surface area contributed by atoms with Crippen molar-refractivity contribution in [3.05, 3.63) is 41.3 Å². The van der Waals surface area contributed by atoms with E-state index in [1.54, 1.807) is 24.3 Å². The number of hydrogen-bond acceptors (Lipinski definition) is 5. The highest BCUT2D eigenvalue weighted by Crippen LogP contribution is 2.23. The summed E-state index contributed by atoms with van der Waals surface area (Å²) in [5, 5.41) is 13.1. The molecule has 1 aromatic carbocycles. The number of likely N-dealkylation sites (N-methyl/N-ethyl adjacent to an activating group) is 1. The molecule has 0 aliphatic carbocycles. The summed E-state index contributed by atoms with van der Waals surface area (Å²) in [6, 6.07) is 7.20. The van der Waals surface area contributed by atoms with Crippen LogP contribution in [0.2, 0.25) is 0 Å². The van der Waals surface area contributed by atoms with Crippen molar-refractivity contribution in [3.63, 3.8) is 0 Å². The lowest BCUT2D eigenvalue weighted by Gasteiger charge is -2.20. The zero-order valence-corrected chi connectivity index (χ0v) is 16.9. The molecule has 0 bridgehead atoms. The molecule has 8 heteroatoms. The molecule has 0 unspecified atom stereocenters. The molecule has 5 nitrogen and oxygen atoms in total. The molecule has 0 aromatic heterocycles. The average Bonchev–Trinajstić information content (AvgIpc) is 2.68. The van der Waals surface area contributed by atoms with Gasteiger partial charge in [0.05, 0.1) is 13.2 Å². The quantitative estimate of drug-likeness (QED) is 0.229. The Balaban J connectivity index is 2.36. The number of halogens is 3. The molecular formula is C21H29F3NO4-. The second-order valence-electron chi connectivity index (χ2n) is 6.60. The number of unbranched alkanes of at least 4 members (excludes halogenated alkanes) is 5. The first-order valence-electron chi connectivity index (χ1n) is 9.84. The zero-order chi connectivity index (χ0) is 21.7. The highest BCUT2D eigenvalue weighted by molar-refractivity contribution is 5.88. The van der Waals surface area contributed by atoms with Gasteiger partial charge in [-0.1, -0.05) is 51.2 Å². The van der Waals surface area contributed by atoms with Crippen LogP contribution in [0.3, 0.4) is 0 Å². The van der Waals surface area contributed by atoms with Crippen LogP contribution in [0, 0.1) is 0 Å². The van der Waals surface area contributed by atoms with Crippen LogP contribution in [0.25, 0.3) is 0 Å². The molecule has 0 saturated heterocycles. The van der Waals surface area contributed by atoms with E-state index >= 15 is 0 Å².